The third-order valence-electron chi connectivity index (χ3n) is 5.46. The number of hydrogen-bond donors (Lipinski definition) is 3. The molecule has 6 heteroatoms. The summed E-state index contributed by atoms with van der Waals surface area (Å²) in [5, 5.41) is 3.30. The van der Waals surface area contributed by atoms with Crippen LogP contribution >= 0.6 is 0 Å². The Morgan fingerprint density at radius 2 is 2.09 bits per heavy atom. The zero-order valence-corrected chi connectivity index (χ0v) is 18.7. The van der Waals surface area contributed by atoms with E-state index in [9.17, 15) is 0 Å². The van der Waals surface area contributed by atoms with Gasteiger partial charge in [-0.15, -0.1) is 12.8 Å². The van der Waals surface area contributed by atoms with E-state index >= 15 is 4.39 Å². The van der Waals surface area contributed by atoms with E-state index in [0.29, 0.717) is 34.2 Å². The minimum absolute atomic E-state index is 0.244. The topological polar surface area (TPSA) is 79.6 Å². The van der Waals surface area contributed by atoms with Crippen molar-refractivity contribution in [1.82, 2.24) is 20.3 Å². The fourth-order valence-electron chi connectivity index (χ4n) is 3.53. The molecule has 2 aromatic heterocycles. The maximum Gasteiger partial charge on any atom is 0.177 e. The van der Waals surface area contributed by atoms with Crippen LogP contribution in [0.3, 0.4) is 0 Å². The van der Waals surface area contributed by atoms with Crippen LogP contribution in [0, 0.1) is 24.6 Å². The first kappa shape index (κ1) is 23.6. The minimum Gasteiger partial charge on any atom is -0.398 e. The number of anilines is 1. The van der Waals surface area contributed by atoms with Gasteiger partial charge in [0.2, 0.25) is 0 Å². The molecule has 2 heterocycles. The molecule has 33 heavy (non-hydrogen) atoms. The van der Waals surface area contributed by atoms with Crippen molar-refractivity contribution >= 4 is 22.4 Å². The van der Waals surface area contributed by atoms with E-state index in [0.717, 1.165) is 35.3 Å². The van der Waals surface area contributed by atoms with Gasteiger partial charge in [0.25, 0.3) is 0 Å². The molecule has 0 amide bonds. The summed E-state index contributed by atoms with van der Waals surface area (Å²) >= 11 is 0. The zero-order chi connectivity index (χ0) is 24.0. The number of imidazole rings is 1. The first-order chi connectivity index (χ1) is 16.0. The highest BCUT2D eigenvalue weighted by Crippen LogP contribution is 2.35. The molecule has 0 aliphatic heterocycles. The van der Waals surface area contributed by atoms with Gasteiger partial charge in [-0.2, -0.15) is 0 Å². The summed E-state index contributed by atoms with van der Waals surface area (Å²) in [5.74, 6) is 0.765. The Labute approximate surface area is 194 Å². The fraction of sp³-hybridized carbons (Fsp3) is 0.185. The Morgan fingerprint density at radius 1 is 1.33 bits per heavy atom. The van der Waals surface area contributed by atoms with Gasteiger partial charge in [0.15, 0.2) is 5.65 Å². The summed E-state index contributed by atoms with van der Waals surface area (Å²) < 4.78 is 15.6. The molecule has 0 saturated heterocycles. The summed E-state index contributed by atoms with van der Waals surface area (Å²) in [6.07, 6.45) is 17.7. The molecule has 1 aliphatic carbocycles. The second kappa shape index (κ2) is 10.5. The number of halogens is 1. The minimum atomic E-state index is -0.359. The molecule has 4 rings (SSSR count). The molecule has 5 nitrogen and oxygen atoms in total. The Bertz CT molecular complexity index is 1220. The fourth-order valence-corrected chi connectivity index (χ4v) is 3.53. The molecule has 0 radical (unpaired) electrons. The highest BCUT2D eigenvalue weighted by Gasteiger charge is 2.24. The molecule has 168 valence electrons. The standard InChI is InChI=1S/C25H26FN5.C2H2/c1-4-16(13-18(5-2)29-15(3)17-8-9-17)19-10-11-21(27)20(24(19)26)14-23-30-22-7-6-12-28-25(22)31-23;1-2/h4-7,10-13,17,29H,2-3,8-9,14,27H2,1H3,(H,28,30,31);1-2H/b16-4+,18-13+;. The summed E-state index contributed by atoms with van der Waals surface area (Å²) in [6, 6.07) is 7.15. The van der Waals surface area contributed by atoms with Crippen molar-refractivity contribution in [2.75, 3.05) is 5.73 Å². The number of nitrogens with zero attached hydrogens (tertiary/aromatic N) is 2. The molecule has 0 unspecified atom stereocenters. The van der Waals surface area contributed by atoms with Crippen molar-refractivity contribution in [2.45, 2.75) is 26.2 Å². The molecule has 0 spiro atoms. The zero-order valence-electron chi connectivity index (χ0n) is 18.7. The van der Waals surface area contributed by atoms with Crippen molar-refractivity contribution in [2.24, 2.45) is 5.92 Å². The Morgan fingerprint density at radius 3 is 2.73 bits per heavy atom. The molecule has 1 aliphatic rings. The number of terminal acetylenes is 1. The van der Waals surface area contributed by atoms with Crippen LogP contribution in [0.5, 0.6) is 0 Å². The van der Waals surface area contributed by atoms with E-state index in [1.807, 2.05) is 31.2 Å². The number of hydrogen-bond acceptors (Lipinski definition) is 4. The number of pyridine rings is 1. The van der Waals surface area contributed by atoms with Crippen LogP contribution in [-0.2, 0) is 6.42 Å². The molecular weight excluding hydrogens is 413 g/mol. The number of aromatic nitrogens is 3. The second-order valence-electron chi connectivity index (χ2n) is 7.70. The van der Waals surface area contributed by atoms with Gasteiger partial charge in [0.05, 0.1) is 5.52 Å². The van der Waals surface area contributed by atoms with E-state index in [2.05, 4.69) is 46.3 Å². The highest BCUT2D eigenvalue weighted by atomic mass is 19.1. The molecule has 0 bridgehead atoms. The number of rotatable bonds is 8. The van der Waals surface area contributed by atoms with E-state index in [1.165, 1.54) is 0 Å². The van der Waals surface area contributed by atoms with Gasteiger partial charge < -0.3 is 16.0 Å². The quantitative estimate of drug-likeness (QED) is 0.245. The molecular formula is C27H28FN5. The third-order valence-corrected chi connectivity index (χ3v) is 5.46. The SMILES string of the molecule is C#C.C=C/C(=C\C(=C/C)c1ccc(N)c(Cc2nc3ncccc3[nH]2)c1F)NC(=C)C1CC1. The molecule has 1 aromatic carbocycles. The maximum atomic E-state index is 15.6. The first-order valence-electron chi connectivity index (χ1n) is 10.7. The Hall–Kier alpha value is -4.11. The van der Waals surface area contributed by atoms with Gasteiger partial charge >= 0.3 is 0 Å². The van der Waals surface area contributed by atoms with Crippen LogP contribution in [0.2, 0.25) is 0 Å². The lowest BCUT2D eigenvalue weighted by Gasteiger charge is -2.14. The summed E-state index contributed by atoms with van der Waals surface area (Å²) in [6.45, 7) is 9.85. The van der Waals surface area contributed by atoms with E-state index in [-0.39, 0.29) is 12.2 Å². The number of nitrogens with one attached hydrogen (secondary N) is 2. The van der Waals surface area contributed by atoms with Crippen LogP contribution in [0.25, 0.3) is 16.7 Å². The van der Waals surface area contributed by atoms with Crippen LogP contribution in [0.4, 0.5) is 10.1 Å². The lowest BCUT2D eigenvalue weighted by molar-refractivity contribution is 0.610. The number of nitrogens with two attached hydrogens (primary N) is 1. The third kappa shape index (κ3) is 5.39. The number of fused-ring (bicyclic) bond motifs is 1. The van der Waals surface area contributed by atoms with Crippen LogP contribution < -0.4 is 11.1 Å². The summed E-state index contributed by atoms with van der Waals surface area (Å²) in [5.41, 5.74) is 11.3. The van der Waals surface area contributed by atoms with Gasteiger partial charge in [-0.3, -0.25) is 0 Å². The van der Waals surface area contributed by atoms with Crippen molar-refractivity contribution < 1.29 is 4.39 Å². The van der Waals surface area contributed by atoms with E-state index in [1.54, 1.807) is 24.4 Å². The normalized spacial score (nSPS) is 13.8. The van der Waals surface area contributed by atoms with Crippen LogP contribution in [0.15, 0.2) is 73.2 Å². The summed E-state index contributed by atoms with van der Waals surface area (Å²) in [4.78, 5) is 11.9. The van der Waals surface area contributed by atoms with Crippen LogP contribution in [-0.4, -0.2) is 15.0 Å². The second-order valence-corrected chi connectivity index (χ2v) is 7.70. The molecule has 0 atom stereocenters. The van der Waals surface area contributed by atoms with Crippen molar-refractivity contribution in [1.29, 1.82) is 0 Å². The van der Waals surface area contributed by atoms with Crippen LogP contribution in [0.1, 0.15) is 36.7 Å². The first-order valence-corrected chi connectivity index (χ1v) is 10.7. The predicted octanol–water partition coefficient (Wildman–Crippen LogP) is 5.51. The molecule has 1 saturated carbocycles. The number of H-pyrrole nitrogens is 1. The number of aromatic amines is 1. The Balaban J connectivity index is 0.00000149. The smallest absolute Gasteiger partial charge is 0.177 e. The van der Waals surface area contributed by atoms with Crippen molar-refractivity contribution in [3.63, 3.8) is 0 Å². The molecule has 1 fully saturated rings. The van der Waals surface area contributed by atoms with Gasteiger partial charge in [-0.05, 0) is 67.7 Å². The molecule has 3 aromatic rings. The van der Waals surface area contributed by atoms with E-state index < -0.39 is 0 Å². The summed E-state index contributed by atoms with van der Waals surface area (Å²) in [7, 11) is 0. The lowest BCUT2D eigenvalue weighted by atomic mass is 9.98. The predicted molar refractivity (Wildman–Crippen MR) is 134 cm³/mol. The Kier molecular flexibility index (Phi) is 7.47. The van der Waals surface area contributed by atoms with Gasteiger partial charge in [0, 0.05) is 40.8 Å². The van der Waals surface area contributed by atoms with Gasteiger partial charge in [-0.25, -0.2) is 14.4 Å². The van der Waals surface area contributed by atoms with Gasteiger partial charge in [-0.1, -0.05) is 19.2 Å². The lowest BCUT2D eigenvalue weighted by Crippen LogP contribution is -2.12. The highest BCUT2D eigenvalue weighted by molar-refractivity contribution is 5.77. The van der Waals surface area contributed by atoms with E-state index in [4.69, 9.17) is 5.73 Å². The van der Waals surface area contributed by atoms with Gasteiger partial charge in [0.1, 0.15) is 11.6 Å². The number of allylic oxidation sites excluding steroid dienone is 5. The molecule has 4 N–H and O–H groups in total. The number of benzene rings is 1. The average molecular weight is 442 g/mol. The maximum absolute atomic E-state index is 15.6. The van der Waals surface area contributed by atoms with Crippen molar-refractivity contribution in [3.05, 3.63) is 96.0 Å². The van der Waals surface area contributed by atoms with Crippen molar-refractivity contribution in [3.8, 4) is 12.8 Å². The average Bonchev–Trinajstić information content (AvgIpc) is 3.61. The number of nitrogen functional groups attached to an aromatic ring is 1. The largest absolute Gasteiger partial charge is 0.398 e. The monoisotopic (exact) mass is 441 g/mol.